The molecule has 1 N–H and O–H groups in total. The van der Waals surface area contributed by atoms with Gasteiger partial charge in [-0.3, -0.25) is 9.36 Å². The van der Waals surface area contributed by atoms with Crippen molar-refractivity contribution in [1.29, 1.82) is 0 Å². The number of nitrogens with one attached hydrogen (secondary N) is 1. The second-order valence-corrected chi connectivity index (χ2v) is 8.64. The minimum absolute atomic E-state index is 0.0576. The smallest absolute Gasteiger partial charge is 0.230 e. The molecule has 0 saturated heterocycles. The van der Waals surface area contributed by atoms with Crippen LogP contribution in [0.2, 0.25) is 0 Å². The lowest BCUT2D eigenvalue weighted by atomic mass is 10.1. The van der Waals surface area contributed by atoms with E-state index in [1.165, 1.54) is 11.8 Å². The van der Waals surface area contributed by atoms with Crippen LogP contribution in [0.4, 0.5) is 0 Å². The summed E-state index contributed by atoms with van der Waals surface area (Å²) in [6, 6.07) is 25.7. The van der Waals surface area contributed by atoms with Crippen LogP contribution in [-0.4, -0.2) is 33.5 Å². The molecule has 1 atom stereocenters. The molecule has 1 heterocycles. The minimum Gasteiger partial charge on any atom is -0.497 e. The first-order valence-corrected chi connectivity index (χ1v) is 11.7. The van der Waals surface area contributed by atoms with Crippen molar-refractivity contribution in [2.75, 3.05) is 12.9 Å². The van der Waals surface area contributed by atoms with Gasteiger partial charge in [-0.25, -0.2) is 0 Å². The Hall–Kier alpha value is -3.58. The number of aryl methyl sites for hydroxylation is 1. The zero-order valence-corrected chi connectivity index (χ0v) is 19.7. The molecule has 7 heteroatoms. The number of carbonyl (C=O) groups excluding carboxylic acids is 1. The molecule has 0 aliphatic heterocycles. The van der Waals surface area contributed by atoms with E-state index in [1.54, 1.807) is 7.11 Å². The fourth-order valence-corrected chi connectivity index (χ4v) is 4.30. The normalized spacial score (nSPS) is 11.7. The lowest BCUT2D eigenvalue weighted by Gasteiger charge is -2.14. The molecule has 168 valence electrons. The Bertz CT molecular complexity index is 1220. The predicted octanol–water partition coefficient (Wildman–Crippen LogP) is 5.22. The van der Waals surface area contributed by atoms with Gasteiger partial charge < -0.3 is 10.1 Å². The van der Waals surface area contributed by atoms with Crippen LogP contribution >= 0.6 is 11.8 Å². The van der Waals surface area contributed by atoms with Crippen LogP contribution in [0.1, 0.15) is 24.1 Å². The quantitative estimate of drug-likeness (QED) is 0.367. The summed E-state index contributed by atoms with van der Waals surface area (Å²) in [5.41, 5.74) is 4.07. The summed E-state index contributed by atoms with van der Waals surface area (Å²) in [4.78, 5) is 12.6. The molecule has 0 saturated carbocycles. The van der Waals surface area contributed by atoms with Crippen molar-refractivity contribution in [3.63, 3.8) is 0 Å². The van der Waals surface area contributed by atoms with E-state index < -0.39 is 0 Å². The maximum absolute atomic E-state index is 12.6. The van der Waals surface area contributed by atoms with Crippen molar-refractivity contribution >= 4 is 17.7 Å². The largest absolute Gasteiger partial charge is 0.497 e. The number of aromatic nitrogens is 3. The van der Waals surface area contributed by atoms with Crippen molar-refractivity contribution in [2.45, 2.75) is 25.0 Å². The standard InChI is InChI=1S/C26H26N4O2S/c1-18-8-7-11-21(16-18)25-28-29-26(30(25)22-12-14-23(32-3)15-13-22)33-17-24(31)27-19(2)20-9-5-4-6-10-20/h4-16,19H,17H2,1-3H3,(H,27,31). The fourth-order valence-electron chi connectivity index (χ4n) is 3.54. The number of nitrogens with zero attached hydrogens (tertiary/aromatic N) is 3. The Morgan fingerprint density at radius 3 is 2.48 bits per heavy atom. The van der Waals surface area contributed by atoms with Gasteiger partial charge in [0.05, 0.1) is 18.9 Å². The number of ether oxygens (including phenoxy) is 1. The molecule has 6 nitrogen and oxygen atoms in total. The van der Waals surface area contributed by atoms with Crippen molar-refractivity contribution in [1.82, 2.24) is 20.1 Å². The highest BCUT2D eigenvalue weighted by Crippen LogP contribution is 2.29. The van der Waals surface area contributed by atoms with Crippen molar-refractivity contribution in [3.05, 3.63) is 90.0 Å². The highest BCUT2D eigenvalue weighted by molar-refractivity contribution is 7.99. The van der Waals surface area contributed by atoms with Crippen LogP contribution in [0.25, 0.3) is 17.1 Å². The highest BCUT2D eigenvalue weighted by atomic mass is 32.2. The monoisotopic (exact) mass is 458 g/mol. The fraction of sp³-hybridized carbons (Fsp3) is 0.192. The second-order valence-electron chi connectivity index (χ2n) is 7.70. The molecule has 0 fully saturated rings. The Balaban J connectivity index is 1.57. The highest BCUT2D eigenvalue weighted by Gasteiger charge is 2.18. The second kappa shape index (κ2) is 10.4. The first kappa shape index (κ1) is 22.6. The van der Waals surface area contributed by atoms with Crippen LogP contribution in [-0.2, 0) is 4.79 Å². The lowest BCUT2D eigenvalue weighted by molar-refractivity contribution is -0.119. The number of hydrogen-bond donors (Lipinski definition) is 1. The lowest BCUT2D eigenvalue weighted by Crippen LogP contribution is -2.28. The number of rotatable bonds is 8. The van der Waals surface area contributed by atoms with Gasteiger partial charge in [0.1, 0.15) is 5.75 Å². The van der Waals surface area contributed by atoms with E-state index in [-0.39, 0.29) is 17.7 Å². The third-order valence-corrected chi connectivity index (χ3v) is 6.18. The molecule has 4 aromatic rings. The van der Waals surface area contributed by atoms with Crippen LogP contribution < -0.4 is 10.1 Å². The molecule has 1 aromatic heterocycles. The zero-order valence-electron chi connectivity index (χ0n) is 18.9. The van der Waals surface area contributed by atoms with Crippen LogP contribution in [0.5, 0.6) is 5.75 Å². The summed E-state index contributed by atoms with van der Waals surface area (Å²) in [6.45, 7) is 4.03. The molecular weight excluding hydrogens is 432 g/mol. The number of amides is 1. The van der Waals surface area contributed by atoms with Crippen LogP contribution in [0.15, 0.2) is 84.0 Å². The number of benzene rings is 3. The van der Waals surface area contributed by atoms with Crippen LogP contribution in [0, 0.1) is 6.92 Å². The van der Waals surface area contributed by atoms with E-state index in [4.69, 9.17) is 4.74 Å². The maximum atomic E-state index is 12.6. The van der Waals surface area contributed by atoms with Crippen molar-refractivity contribution in [2.24, 2.45) is 0 Å². The summed E-state index contributed by atoms with van der Waals surface area (Å²) in [7, 11) is 1.64. The summed E-state index contributed by atoms with van der Waals surface area (Å²) < 4.78 is 7.28. The average molecular weight is 459 g/mol. The zero-order chi connectivity index (χ0) is 23.2. The SMILES string of the molecule is COc1ccc(-n2c(SCC(=O)NC(C)c3ccccc3)nnc2-c2cccc(C)c2)cc1. The van der Waals surface area contributed by atoms with E-state index in [0.717, 1.165) is 34.0 Å². The van der Waals surface area contributed by atoms with Crippen molar-refractivity contribution < 1.29 is 9.53 Å². The Morgan fingerprint density at radius 1 is 1.03 bits per heavy atom. The summed E-state index contributed by atoms with van der Waals surface area (Å²) >= 11 is 1.36. The van der Waals surface area contributed by atoms with Gasteiger partial charge in [0, 0.05) is 11.3 Å². The Kier molecular flexibility index (Phi) is 7.10. The molecule has 0 aliphatic rings. The van der Waals surface area contributed by atoms with Gasteiger partial charge in [-0.2, -0.15) is 0 Å². The van der Waals surface area contributed by atoms with Gasteiger partial charge in [-0.15, -0.1) is 10.2 Å². The number of hydrogen-bond acceptors (Lipinski definition) is 5. The minimum atomic E-state index is -0.0680. The van der Waals surface area contributed by atoms with E-state index >= 15 is 0 Å². The first-order valence-electron chi connectivity index (χ1n) is 10.7. The molecule has 0 aliphatic carbocycles. The van der Waals surface area contributed by atoms with Gasteiger partial charge >= 0.3 is 0 Å². The van der Waals surface area contributed by atoms with Crippen LogP contribution in [0.3, 0.4) is 0 Å². The van der Waals surface area contributed by atoms with Gasteiger partial charge in [0.15, 0.2) is 11.0 Å². The molecule has 1 unspecified atom stereocenters. The number of methoxy groups -OCH3 is 1. The predicted molar refractivity (Wildman–Crippen MR) is 132 cm³/mol. The molecule has 4 rings (SSSR count). The van der Waals surface area contributed by atoms with Gasteiger partial charge in [-0.1, -0.05) is 65.9 Å². The number of carbonyl (C=O) groups is 1. The summed E-state index contributed by atoms with van der Waals surface area (Å²) in [5, 5.41) is 12.6. The Labute approximate surface area is 198 Å². The molecule has 3 aromatic carbocycles. The average Bonchev–Trinajstić information content (AvgIpc) is 3.27. The topological polar surface area (TPSA) is 69.0 Å². The van der Waals surface area contributed by atoms with Gasteiger partial charge in [-0.05, 0) is 49.7 Å². The summed E-state index contributed by atoms with van der Waals surface area (Å²) in [5.74, 6) is 1.67. The van der Waals surface area contributed by atoms with E-state index in [0.29, 0.717) is 5.16 Å². The number of thioether (sulfide) groups is 1. The molecular formula is C26H26N4O2S. The molecule has 0 radical (unpaired) electrons. The maximum Gasteiger partial charge on any atom is 0.230 e. The third kappa shape index (κ3) is 5.43. The molecule has 0 spiro atoms. The molecule has 1 amide bonds. The van der Waals surface area contributed by atoms with Gasteiger partial charge in [0.25, 0.3) is 0 Å². The molecule has 0 bridgehead atoms. The third-order valence-electron chi connectivity index (χ3n) is 5.25. The van der Waals surface area contributed by atoms with Crippen molar-refractivity contribution in [3.8, 4) is 22.8 Å². The van der Waals surface area contributed by atoms with E-state index in [2.05, 4.69) is 21.6 Å². The van der Waals surface area contributed by atoms with Gasteiger partial charge in [0.2, 0.25) is 5.91 Å². The van der Waals surface area contributed by atoms with E-state index in [1.807, 2.05) is 91.2 Å². The van der Waals surface area contributed by atoms with E-state index in [9.17, 15) is 4.79 Å². The Morgan fingerprint density at radius 2 is 1.79 bits per heavy atom. The molecule has 33 heavy (non-hydrogen) atoms. The summed E-state index contributed by atoms with van der Waals surface area (Å²) in [6.07, 6.45) is 0. The first-order chi connectivity index (χ1) is 16.0.